The predicted molar refractivity (Wildman–Crippen MR) is 99.5 cm³/mol. The van der Waals surface area contributed by atoms with Gasteiger partial charge in [-0.05, 0) is 36.4 Å². The standard InChI is InChI=1S/C18H18FN3O5S/c1-22(26-2)28(24,25)15-8-6-14(7-9-15)20-18(23)17-11-16(21-27-17)12-4-3-5-13(19)10-12/h3-10,17H,11H2,1-2H3,(H,20,23). The number of benzene rings is 2. The summed E-state index contributed by atoms with van der Waals surface area (Å²) in [6, 6.07) is 11.5. The van der Waals surface area contributed by atoms with Crippen molar-refractivity contribution in [3.05, 3.63) is 59.9 Å². The van der Waals surface area contributed by atoms with E-state index in [1.165, 1.54) is 50.6 Å². The summed E-state index contributed by atoms with van der Waals surface area (Å²) in [6.07, 6.45) is -0.665. The minimum Gasteiger partial charge on any atom is -0.382 e. The number of hydrogen-bond acceptors (Lipinski definition) is 6. The monoisotopic (exact) mass is 407 g/mol. The number of nitrogens with zero attached hydrogens (tertiary/aromatic N) is 2. The van der Waals surface area contributed by atoms with Crippen LogP contribution in [0, 0.1) is 5.82 Å². The van der Waals surface area contributed by atoms with E-state index < -0.39 is 27.9 Å². The molecule has 2 aromatic carbocycles. The Morgan fingerprint density at radius 1 is 1.29 bits per heavy atom. The minimum atomic E-state index is -3.77. The van der Waals surface area contributed by atoms with E-state index in [-0.39, 0.29) is 11.3 Å². The van der Waals surface area contributed by atoms with Crippen LogP contribution in [0.2, 0.25) is 0 Å². The van der Waals surface area contributed by atoms with Crippen LogP contribution in [0.4, 0.5) is 10.1 Å². The summed E-state index contributed by atoms with van der Waals surface area (Å²) >= 11 is 0. The van der Waals surface area contributed by atoms with Crippen LogP contribution in [-0.4, -0.2) is 44.8 Å². The van der Waals surface area contributed by atoms with Crippen LogP contribution in [0.25, 0.3) is 0 Å². The van der Waals surface area contributed by atoms with Crippen molar-refractivity contribution in [1.29, 1.82) is 0 Å². The fraction of sp³-hybridized carbons (Fsp3) is 0.222. The second-order valence-electron chi connectivity index (χ2n) is 5.96. The average molecular weight is 407 g/mol. The van der Waals surface area contributed by atoms with Crippen molar-refractivity contribution in [3.63, 3.8) is 0 Å². The lowest BCUT2D eigenvalue weighted by molar-refractivity contribution is -0.125. The highest BCUT2D eigenvalue weighted by Gasteiger charge is 2.29. The van der Waals surface area contributed by atoms with Gasteiger partial charge in [0.25, 0.3) is 15.9 Å². The van der Waals surface area contributed by atoms with Gasteiger partial charge in [0.2, 0.25) is 6.10 Å². The maximum atomic E-state index is 13.3. The number of amides is 1. The van der Waals surface area contributed by atoms with Crippen molar-refractivity contribution in [1.82, 2.24) is 4.47 Å². The summed E-state index contributed by atoms with van der Waals surface area (Å²) < 4.78 is 38.4. The van der Waals surface area contributed by atoms with Crippen molar-refractivity contribution >= 4 is 27.3 Å². The van der Waals surface area contributed by atoms with E-state index >= 15 is 0 Å². The van der Waals surface area contributed by atoms with Crippen molar-refractivity contribution in [2.45, 2.75) is 17.4 Å². The Balaban J connectivity index is 1.63. The van der Waals surface area contributed by atoms with E-state index in [4.69, 9.17) is 9.68 Å². The molecule has 1 unspecified atom stereocenters. The summed E-state index contributed by atoms with van der Waals surface area (Å²) in [5.74, 6) is -0.845. The molecule has 8 nitrogen and oxygen atoms in total. The molecule has 1 atom stereocenters. The van der Waals surface area contributed by atoms with E-state index in [1.807, 2.05) is 0 Å². The number of oxime groups is 1. The van der Waals surface area contributed by atoms with Gasteiger partial charge < -0.3 is 10.2 Å². The first-order chi connectivity index (χ1) is 13.3. The van der Waals surface area contributed by atoms with E-state index in [0.29, 0.717) is 17.0 Å². The molecular weight excluding hydrogens is 389 g/mol. The molecule has 1 aliphatic rings. The van der Waals surface area contributed by atoms with Gasteiger partial charge in [0.15, 0.2) is 0 Å². The van der Waals surface area contributed by atoms with Gasteiger partial charge in [0.05, 0.1) is 17.7 Å². The Hall–Kier alpha value is -2.82. The van der Waals surface area contributed by atoms with Gasteiger partial charge >= 0.3 is 0 Å². The van der Waals surface area contributed by atoms with Gasteiger partial charge in [-0.2, -0.15) is 0 Å². The highest BCUT2D eigenvalue weighted by Crippen LogP contribution is 2.21. The summed E-state index contributed by atoms with van der Waals surface area (Å²) in [5.41, 5.74) is 1.42. The topological polar surface area (TPSA) is 97.3 Å². The summed E-state index contributed by atoms with van der Waals surface area (Å²) in [7, 11) is -1.25. The summed E-state index contributed by atoms with van der Waals surface area (Å²) in [4.78, 5) is 22.2. The highest BCUT2D eigenvalue weighted by molar-refractivity contribution is 7.89. The van der Waals surface area contributed by atoms with Crippen molar-refractivity contribution in [2.75, 3.05) is 19.5 Å². The smallest absolute Gasteiger partial charge is 0.268 e. The SMILES string of the molecule is CON(C)S(=O)(=O)c1ccc(NC(=O)C2CC(c3cccc(F)c3)=NO2)cc1. The maximum absolute atomic E-state index is 13.3. The van der Waals surface area contributed by atoms with Crippen molar-refractivity contribution in [3.8, 4) is 0 Å². The molecule has 0 fully saturated rings. The molecule has 3 rings (SSSR count). The predicted octanol–water partition coefficient (Wildman–Crippen LogP) is 2.14. The molecule has 0 radical (unpaired) electrons. The molecule has 1 N–H and O–H groups in total. The molecule has 0 saturated carbocycles. The van der Waals surface area contributed by atoms with Gasteiger partial charge in [-0.3, -0.25) is 9.63 Å². The van der Waals surface area contributed by atoms with Gasteiger partial charge in [0, 0.05) is 24.7 Å². The zero-order valence-corrected chi connectivity index (χ0v) is 15.9. The lowest BCUT2D eigenvalue weighted by atomic mass is 10.0. The third kappa shape index (κ3) is 4.19. The number of halogens is 1. The lowest BCUT2D eigenvalue weighted by Gasteiger charge is -2.14. The van der Waals surface area contributed by atoms with E-state index in [0.717, 1.165) is 4.47 Å². The van der Waals surface area contributed by atoms with Crippen molar-refractivity contribution < 1.29 is 27.3 Å². The quantitative estimate of drug-likeness (QED) is 0.740. The van der Waals surface area contributed by atoms with E-state index in [1.54, 1.807) is 12.1 Å². The minimum absolute atomic E-state index is 0.0173. The molecule has 0 bridgehead atoms. The molecule has 1 amide bonds. The Kier molecular flexibility index (Phi) is 5.73. The summed E-state index contributed by atoms with van der Waals surface area (Å²) in [6.45, 7) is 0. The first-order valence-electron chi connectivity index (χ1n) is 8.24. The number of hydroxylamine groups is 1. The van der Waals surface area contributed by atoms with Crippen LogP contribution in [0.3, 0.4) is 0 Å². The number of carbonyl (C=O) groups is 1. The van der Waals surface area contributed by atoms with Gasteiger partial charge in [-0.25, -0.2) is 12.8 Å². The Labute approximate surface area is 161 Å². The highest BCUT2D eigenvalue weighted by atomic mass is 32.2. The molecule has 0 aromatic heterocycles. The van der Waals surface area contributed by atoms with E-state index in [2.05, 4.69) is 10.5 Å². The zero-order valence-electron chi connectivity index (χ0n) is 15.1. The lowest BCUT2D eigenvalue weighted by Crippen LogP contribution is -2.28. The molecule has 1 heterocycles. The molecule has 148 valence electrons. The van der Waals surface area contributed by atoms with Crippen LogP contribution < -0.4 is 5.32 Å². The van der Waals surface area contributed by atoms with Crippen LogP contribution in [0.15, 0.2) is 58.6 Å². The average Bonchev–Trinajstić information content (AvgIpc) is 3.18. The van der Waals surface area contributed by atoms with Crippen LogP contribution >= 0.6 is 0 Å². The molecule has 0 saturated heterocycles. The van der Waals surface area contributed by atoms with E-state index in [9.17, 15) is 17.6 Å². The fourth-order valence-electron chi connectivity index (χ4n) is 2.54. The molecule has 28 heavy (non-hydrogen) atoms. The molecule has 0 aliphatic carbocycles. The Morgan fingerprint density at radius 2 is 2.00 bits per heavy atom. The third-order valence-corrected chi connectivity index (χ3v) is 5.83. The summed E-state index contributed by atoms with van der Waals surface area (Å²) in [5, 5.41) is 6.49. The number of anilines is 1. The zero-order chi connectivity index (χ0) is 20.3. The number of carbonyl (C=O) groups excluding carboxylic acids is 1. The molecule has 2 aromatic rings. The maximum Gasteiger partial charge on any atom is 0.268 e. The first-order valence-corrected chi connectivity index (χ1v) is 9.68. The first kappa shape index (κ1) is 19.9. The fourth-order valence-corrected chi connectivity index (χ4v) is 3.51. The number of rotatable bonds is 6. The Bertz CT molecular complexity index is 1010. The van der Waals surface area contributed by atoms with Gasteiger partial charge in [0.1, 0.15) is 5.82 Å². The Morgan fingerprint density at radius 3 is 2.64 bits per heavy atom. The number of sulfonamides is 1. The number of nitrogens with one attached hydrogen (secondary N) is 1. The largest absolute Gasteiger partial charge is 0.382 e. The second-order valence-corrected chi connectivity index (χ2v) is 7.89. The molecule has 1 aliphatic heterocycles. The third-order valence-electron chi connectivity index (χ3n) is 4.13. The molecule has 10 heteroatoms. The molecule has 0 spiro atoms. The van der Waals surface area contributed by atoms with Crippen LogP contribution in [-0.2, 0) is 24.5 Å². The van der Waals surface area contributed by atoms with Gasteiger partial charge in [-0.1, -0.05) is 21.8 Å². The normalized spacial score (nSPS) is 16.6. The second kappa shape index (κ2) is 8.05. The van der Waals surface area contributed by atoms with Crippen LogP contribution in [0.5, 0.6) is 0 Å². The molecular formula is C18H18FN3O5S. The van der Waals surface area contributed by atoms with Crippen molar-refractivity contribution in [2.24, 2.45) is 5.16 Å². The van der Waals surface area contributed by atoms with Gasteiger partial charge in [-0.15, -0.1) is 0 Å². The van der Waals surface area contributed by atoms with Crippen LogP contribution in [0.1, 0.15) is 12.0 Å². The number of hydrogen-bond donors (Lipinski definition) is 1.